The van der Waals surface area contributed by atoms with Crippen molar-refractivity contribution in [3.63, 3.8) is 0 Å². The van der Waals surface area contributed by atoms with Gasteiger partial charge in [-0.3, -0.25) is 4.79 Å². The average molecular weight is 409 g/mol. The summed E-state index contributed by atoms with van der Waals surface area (Å²) in [5.74, 6) is -0.882. The summed E-state index contributed by atoms with van der Waals surface area (Å²) in [5, 5.41) is 3.90. The molecule has 1 N–H and O–H groups in total. The lowest BCUT2D eigenvalue weighted by molar-refractivity contribution is -0.172. The number of aryl methyl sites for hydroxylation is 1. The number of nitrogens with zero attached hydrogens (tertiary/aromatic N) is 1. The number of nitrogens with one attached hydrogen (secondary N) is 1. The maximum Gasteiger partial charge on any atom is 0.229 e. The van der Waals surface area contributed by atoms with Gasteiger partial charge in [-0.1, -0.05) is 56.6 Å². The molecule has 2 unspecified atom stereocenters. The summed E-state index contributed by atoms with van der Waals surface area (Å²) in [5.41, 5.74) is 2.59. The number of ether oxygens (including phenoxy) is 2. The van der Waals surface area contributed by atoms with Crippen molar-refractivity contribution in [3.8, 4) is 0 Å². The van der Waals surface area contributed by atoms with Gasteiger partial charge in [-0.2, -0.15) is 4.37 Å². The fourth-order valence-electron chi connectivity index (χ4n) is 2.87. The Bertz CT molecular complexity index is 829. The zero-order valence-corrected chi connectivity index (χ0v) is 17.8. The Kier molecular flexibility index (Phi) is 5.64. The van der Waals surface area contributed by atoms with E-state index in [0.717, 1.165) is 16.8 Å². The number of benzene rings is 1. The van der Waals surface area contributed by atoms with Crippen LogP contribution in [0.4, 0.5) is 5.00 Å². The summed E-state index contributed by atoms with van der Waals surface area (Å²) >= 11 is 7.30. The monoisotopic (exact) mass is 408 g/mol. The van der Waals surface area contributed by atoms with Gasteiger partial charge in [0, 0.05) is 5.56 Å². The number of carbonyl (C=O) groups is 1. The van der Waals surface area contributed by atoms with Gasteiger partial charge in [0.25, 0.3) is 0 Å². The molecule has 2 aromatic rings. The molecule has 146 valence electrons. The zero-order chi connectivity index (χ0) is 19.8. The van der Waals surface area contributed by atoms with E-state index in [1.54, 1.807) is 0 Å². The van der Waals surface area contributed by atoms with Crippen molar-refractivity contribution in [2.45, 2.75) is 52.9 Å². The quantitative estimate of drug-likeness (QED) is 0.779. The number of anilines is 1. The van der Waals surface area contributed by atoms with E-state index in [2.05, 4.69) is 30.5 Å². The lowest BCUT2D eigenvalue weighted by Gasteiger charge is -2.29. The van der Waals surface area contributed by atoms with E-state index in [4.69, 9.17) is 21.1 Å². The molecule has 0 radical (unpaired) electrons. The summed E-state index contributed by atoms with van der Waals surface area (Å²) in [6.45, 7) is 10.8. The van der Waals surface area contributed by atoms with E-state index in [1.165, 1.54) is 11.5 Å². The Balaban J connectivity index is 1.64. The van der Waals surface area contributed by atoms with E-state index in [9.17, 15) is 4.79 Å². The first kappa shape index (κ1) is 20.3. The van der Waals surface area contributed by atoms with E-state index in [-0.39, 0.29) is 23.8 Å². The van der Waals surface area contributed by atoms with Gasteiger partial charge in [0.2, 0.25) is 5.91 Å². The van der Waals surface area contributed by atoms with Crippen molar-refractivity contribution < 1.29 is 14.3 Å². The Hall–Kier alpha value is -1.47. The summed E-state index contributed by atoms with van der Waals surface area (Å²) in [7, 11) is 0. The maximum atomic E-state index is 12.3. The minimum absolute atomic E-state index is 0.0199. The van der Waals surface area contributed by atoms with Crippen molar-refractivity contribution in [1.29, 1.82) is 0 Å². The third-order valence-electron chi connectivity index (χ3n) is 4.73. The van der Waals surface area contributed by atoms with Crippen LogP contribution in [0.25, 0.3) is 0 Å². The van der Waals surface area contributed by atoms with E-state index in [1.807, 2.05) is 38.1 Å². The highest BCUT2D eigenvalue weighted by atomic mass is 35.5. The number of carbonyl (C=O) groups excluding carboxylic acids is 1. The van der Waals surface area contributed by atoms with Crippen LogP contribution in [0.2, 0.25) is 5.02 Å². The topological polar surface area (TPSA) is 60.5 Å². The third-order valence-corrected chi connectivity index (χ3v) is 6.16. The van der Waals surface area contributed by atoms with Gasteiger partial charge in [0.05, 0.1) is 29.8 Å². The highest BCUT2D eigenvalue weighted by Crippen LogP contribution is 2.39. The second-order valence-electron chi connectivity index (χ2n) is 8.06. The summed E-state index contributed by atoms with van der Waals surface area (Å²) < 4.78 is 16.3. The first-order valence-corrected chi connectivity index (χ1v) is 10.1. The van der Waals surface area contributed by atoms with Gasteiger partial charge in [0.15, 0.2) is 5.79 Å². The van der Waals surface area contributed by atoms with Gasteiger partial charge in [-0.05, 0) is 36.4 Å². The predicted molar refractivity (Wildman–Crippen MR) is 108 cm³/mol. The van der Waals surface area contributed by atoms with Crippen LogP contribution in [0.1, 0.15) is 44.5 Å². The van der Waals surface area contributed by atoms with Gasteiger partial charge < -0.3 is 14.8 Å². The smallest absolute Gasteiger partial charge is 0.229 e. The second-order valence-corrected chi connectivity index (χ2v) is 9.21. The molecule has 0 aliphatic carbocycles. The standard InChI is InChI=1S/C20H25ClN2O3S/c1-12-17(21)18(27-23-12)22-16(24)10-13-6-8-14(9-7-13)20(5)25-11-15(26-20)19(2,3)4/h6-9,15H,10-11H2,1-5H3,(H,22,24). The van der Waals surface area contributed by atoms with Crippen molar-refractivity contribution in [2.75, 3.05) is 11.9 Å². The molecule has 1 aliphatic heterocycles. The van der Waals surface area contributed by atoms with E-state index in [0.29, 0.717) is 16.6 Å². The van der Waals surface area contributed by atoms with Crippen molar-refractivity contribution in [3.05, 3.63) is 46.1 Å². The summed E-state index contributed by atoms with van der Waals surface area (Å²) in [4.78, 5) is 12.3. The highest BCUT2D eigenvalue weighted by molar-refractivity contribution is 7.11. The van der Waals surface area contributed by atoms with E-state index < -0.39 is 5.79 Å². The van der Waals surface area contributed by atoms with Crippen LogP contribution < -0.4 is 5.32 Å². The van der Waals surface area contributed by atoms with Crippen LogP contribution in [0.3, 0.4) is 0 Å². The van der Waals surface area contributed by atoms with Crippen molar-refractivity contribution in [2.24, 2.45) is 5.41 Å². The molecule has 3 rings (SSSR count). The van der Waals surface area contributed by atoms with Gasteiger partial charge >= 0.3 is 0 Å². The van der Waals surface area contributed by atoms with Crippen LogP contribution in [-0.4, -0.2) is 23.0 Å². The molecular formula is C20H25ClN2O3S. The Morgan fingerprint density at radius 3 is 2.56 bits per heavy atom. The molecule has 1 saturated heterocycles. The number of aromatic nitrogens is 1. The molecule has 1 aliphatic rings. The molecular weight excluding hydrogens is 384 g/mol. The molecule has 2 heterocycles. The molecule has 1 aromatic heterocycles. The Morgan fingerprint density at radius 2 is 2.04 bits per heavy atom. The predicted octanol–water partition coefficient (Wildman–Crippen LogP) is 4.92. The second kappa shape index (κ2) is 7.51. The van der Waals surface area contributed by atoms with Crippen LogP contribution in [0.5, 0.6) is 0 Å². The minimum atomic E-state index is -0.758. The first-order valence-electron chi connectivity index (χ1n) is 8.91. The number of rotatable bonds is 4. The summed E-state index contributed by atoms with van der Waals surface area (Å²) in [6.07, 6.45) is 0.303. The molecule has 0 saturated carbocycles. The SMILES string of the molecule is Cc1nsc(NC(=O)Cc2ccc(C3(C)OCC(C(C)(C)C)O3)cc2)c1Cl. The van der Waals surface area contributed by atoms with Gasteiger partial charge in [-0.15, -0.1) is 0 Å². The third kappa shape index (κ3) is 4.51. The molecule has 1 fully saturated rings. The number of hydrogen-bond donors (Lipinski definition) is 1. The zero-order valence-electron chi connectivity index (χ0n) is 16.3. The highest BCUT2D eigenvalue weighted by Gasteiger charge is 2.43. The average Bonchev–Trinajstić information content (AvgIpc) is 3.14. The molecule has 0 bridgehead atoms. The number of hydrogen-bond acceptors (Lipinski definition) is 5. The van der Waals surface area contributed by atoms with E-state index >= 15 is 0 Å². The Morgan fingerprint density at radius 1 is 1.37 bits per heavy atom. The van der Waals surface area contributed by atoms with Crippen LogP contribution in [0, 0.1) is 12.3 Å². The molecule has 1 amide bonds. The lowest BCUT2D eigenvalue weighted by atomic mass is 9.90. The molecule has 7 heteroatoms. The fourth-order valence-corrected chi connectivity index (χ4v) is 3.82. The maximum absolute atomic E-state index is 12.3. The summed E-state index contributed by atoms with van der Waals surface area (Å²) in [6, 6.07) is 7.77. The van der Waals surface area contributed by atoms with Crippen LogP contribution in [-0.2, 0) is 26.5 Å². The largest absolute Gasteiger partial charge is 0.343 e. The normalized spacial score (nSPS) is 22.8. The van der Waals surface area contributed by atoms with Gasteiger partial charge in [-0.25, -0.2) is 0 Å². The Labute approximate surface area is 169 Å². The molecule has 2 atom stereocenters. The number of halogens is 1. The molecule has 5 nitrogen and oxygen atoms in total. The molecule has 0 spiro atoms. The fraction of sp³-hybridized carbons (Fsp3) is 0.500. The van der Waals surface area contributed by atoms with Crippen LogP contribution in [0.15, 0.2) is 24.3 Å². The van der Waals surface area contributed by atoms with Gasteiger partial charge in [0.1, 0.15) is 5.00 Å². The van der Waals surface area contributed by atoms with Crippen molar-refractivity contribution >= 4 is 34.0 Å². The number of amides is 1. The van der Waals surface area contributed by atoms with Crippen LogP contribution >= 0.6 is 23.1 Å². The molecule has 1 aromatic carbocycles. The first-order chi connectivity index (χ1) is 12.6. The lowest BCUT2D eigenvalue weighted by Crippen LogP contribution is -2.31. The minimum Gasteiger partial charge on any atom is -0.343 e. The molecule has 27 heavy (non-hydrogen) atoms. The van der Waals surface area contributed by atoms with Crippen molar-refractivity contribution in [1.82, 2.24) is 4.37 Å².